The molecule has 0 saturated carbocycles. The van der Waals surface area contributed by atoms with Crippen molar-refractivity contribution in [2.45, 2.75) is 4.83 Å². The number of hydrogen-bond acceptors (Lipinski definition) is 1. The van der Waals surface area contributed by atoms with Crippen LogP contribution in [-0.2, 0) is 15.7 Å². The van der Waals surface area contributed by atoms with Gasteiger partial charge in [0, 0.05) is 0 Å². The number of hydrogen-bond donors (Lipinski definition) is 0. The zero-order chi connectivity index (χ0) is 6.57. The van der Waals surface area contributed by atoms with Crippen LogP contribution in [0.5, 0.6) is 0 Å². The molecule has 9 heavy (non-hydrogen) atoms. The van der Waals surface area contributed by atoms with Crippen LogP contribution in [0.4, 0.5) is 0 Å². The summed E-state index contributed by atoms with van der Waals surface area (Å²) in [6, 6.07) is 0. The van der Waals surface area contributed by atoms with Gasteiger partial charge in [-0.15, -0.1) is 0 Å². The molecule has 56 valence electrons. The lowest BCUT2D eigenvalue weighted by Gasteiger charge is -1.95. The first kappa shape index (κ1) is 12.6. The molecule has 0 aliphatic heterocycles. The Kier molecular flexibility index (Phi) is 9.96. The maximum absolute atomic E-state index is 10.00. The number of carbonyl (C=O) groups excluding carboxylic acids is 1. The molecule has 0 aromatic rings. The molecule has 0 N–H and O–H groups in total. The third kappa shape index (κ3) is 8.98. The molecule has 0 spiro atoms. The monoisotopic (exact) mass is 276 g/mol. The largest absolute Gasteiger partial charge is 1.00 e. The molecule has 0 fully saturated rings. The van der Waals surface area contributed by atoms with E-state index in [9.17, 15) is 4.79 Å². The number of alkyl halides is 1. The number of carbonyl (C=O) groups is 1. The molecule has 0 aliphatic carbocycles. The lowest BCUT2D eigenvalue weighted by atomic mass is 10.6. The molecule has 0 heterocycles. The molecule has 1 unspecified atom stereocenters. The summed E-state index contributed by atoms with van der Waals surface area (Å²) in [5.41, 5.74) is 0. The predicted molar refractivity (Wildman–Crippen MR) is 42.9 cm³/mol. The second-order valence-electron chi connectivity index (χ2n) is 1.80. The minimum atomic E-state index is 0. The summed E-state index contributed by atoms with van der Waals surface area (Å²) in [7, 11) is 0.376. The summed E-state index contributed by atoms with van der Waals surface area (Å²) in [4.78, 5) is 10.1. The quantitative estimate of drug-likeness (QED) is 0.326. The van der Waals surface area contributed by atoms with Gasteiger partial charge in [-0.2, -0.15) is 0 Å². The second kappa shape index (κ2) is 7.09. The molecule has 1 nitrogen and oxygen atoms in total. The van der Waals surface area contributed by atoms with Crippen LogP contribution in [0, 0.1) is 0 Å². The van der Waals surface area contributed by atoms with E-state index in [0.717, 1.165) is 12.0 Å². The first-order valence-electron chi connectivity index (χ1n) is 2.30. The van der Waals surface area contributed by atoms with Gasteiger partial charge in [0.05, 0.1) is 12.5 Å². The maximum atomic E-state index is 10.00. The van der Waals surface area contributed by atoms with Gasteiger partial charge in [0.2, 0.25) is 0 Å². The van der Waals surface area contributed by atoms with Crippen molar-refractivity contribution < 1.29 is 21.8 Å². The van der Waals surface area contributed by atoms with Gasteiger partial charge >= 0.3 is 0 Å². The van der Waals surface area contributed by atoms with Crippen molar-refractivity contribution in [1.29, 1.82) is 0 Å². The molecule has 1 atom stereocenters. The van der Waals surface area contributed by atoms with Crippen molar-refractivity contribution in [3.63, 3.8) is 0 Å². The summed E-state index contributed by atoms with van der Waals surface area (Å²) >= 11 is 3.22. The Labute approximate surface area is 77.8 Å². The molecule has 0 aromatic carbocycles. The normalized spacial score (nSPS) is 12.4. The standard InChI is InChI=1S/C5H10BrOS.BrH/c1-8(2)4-5(6)3-7;/h3,5H,4H2,1-2H3;1H/q+1;/p-1. The summed E-state index contributed by atoms with van der Waals surface area (Å²) in [6.07, 6.45) is 5.18. The third-order valence-electron chi connectivity index (χ3n) is 0.640. The highest BCUT2D eigenvalue weighted by atomic mass is 79.9. The smallest absolute Gasteiger partial charge is 0.138 e. The van der Waals surface area contributed by atoms with E-state index in [2.05, 4.69) is 28.4 Å². The van der Waals surface area contributed by atoms with Gasteiger partial charge in [0.25, 0.3) is 0 Å². The van der Waals surface area contributed by atoms with Gasteiger partial charge in [-0.25, -0.2) is 0 Å². The van der Waals surface area contributed by atoms with Gasteiger partial charge in [0.1, 0.15) is 16.9 Å². The van der Waals surface area contributed by atoms with E-state index in [1.165, 1.54) is 0 Å². The highest BCUT2D eigenvalue weighted by Gasteiger charge is 2.10. The van der Waals surface area contributed by atoms with Gasteiger partial charge in [-0.05, 0) is 10.9 Å². The Hall–Kier alpha value is 0.980. The average Bonchev–Trinajstić information content (AvgIpc) is 1.65. The van der Waals surface area contributed by atoms with E-state index < -0.39 is 0 Å². The summed E-state index contributed by atoms with van der Waals surface area (Å²) < 4.78 is 0. The lowest BCUT2D eigenvalue weighted by molar-refractivity contribution is -0.107. The Bertz CT molecular complexity index is 77.4. The number of aldehydes is 1. The fourth-order valence-electron chi connectivity index (χ4n) is 0.358. The van der Waals surface area contributed by atoms with Crippen LogP contribution in [0.2, 0.25) is 0 Å². The highest BCUT2D eigenvalue weighted by molar-refractivity contribution is 9.10. The van der Waals surface area contributed by atoms with Crippen molar-refractivity contribution in [2.24, 2.45) is 0 Å². The third-order valence-corrected chi connectivity index (χ3v) is 2.63. The second-order valence-corrected chi connectivity index (χ2v) is 5.29. The Morgan fingerprint density at radius 2 is 2.11 bits per heavy atom. The van der Waals surface area contributed by atoms with Crippen LogP contribution in [0.15, 0.2) is 0 Å². The minimum absolute atomic E-state index is 0. The SMILES string of the molecule is C[S+](C)CC(Br)C=O.[Br-]. The number of rotatable bonds is 3. The Morgan fingerprint density at radius 1 is 1.67 bits per heavy atom. The molecule has 4 heteroatoms. The zero-order valence-electron chi connectivity index (χ0n) is 5.43. The molecular weight excluding hydrogens is 268 g/mol. The zero-order valence-corrected chi connectivity index (χ0v) is 9.42. The van der Waals surface area contributed by atoms with Crippen molar-refractivity contribution >= 4 is 33.1 Å². The predicted octanol–water partition coefficient (Wildman–Crippen LogP) is -2.17. The topological polar surface area (TPSA) is 17.1 Å². The van der Waals surface area contributed by atoms with Crippen LogP contribution in [0.3, 0.4) is 0 Å². The lowest BCUT2D eigenvalue weighted by Crippen LogP contribution is -3.00. The van der Waals surface area contributed by atoms with E-state index in [1.54, 1.807) is 0 Å². The van der Waals surface area contributed by atoms with Gasteiger partial charge in [-0.1, -0.05) is 15.9 Å². The van der Waals surface area contributed by atoms with Crippen molar-refractivity contribution in [3.8, 4) is 0 Å². The first-order chi connectivity index (χ1) is 3.66. The van der Waals surface area contributed by atoms with Crippen LogP contribution in [0.1, 0.15) is 0 Å². The van der Waals surface area contributed by atoms with Crippen LogP contribution in [-0.4, -0.2) is 29.4 Å². The Balaban J connectivity index is 0. The van der Waals surface area contributed by atoms with E-state index in [-0.39, 0.29) is 21.8 Å². The molecule has 0 amide bonds. The first-order valence-corrected chi connectivity index (χ1v) is 5.43. The van der Waals surface area contributed by atoms with Crippen molar-refractivity contribution in [1.82, 2.24) is 0 Å². The van der Waals surface area contributed by atoms with E-state index in [0.29, 0.717) is 10.9 Å². The fourth-order valence-corrected chi connectivity index (χ4v) is 2.66. The van der Waals surface area contributed by atoms with E-state index >= 15 is 0 Å². The minimum Gasteiger partial charge on any atom is -1.00 e. The van der Waals surface area contributed by atoms with Crippen LogP contribution < -0.4 is 17.0 Å². The maximum Gasteiger partial charge on any atom is 0.138 e. The van der Waals surface area contributed by atoms with Crippen molar-refractivity contribution in [3.05, 3.63) is 0 Å². The molecular formula is C5H10Br2OS. The Morgan fingerprint density at radius 3 is 2.22 bits per heavy atom. The molecule has 0 aromatic heterocycles. The molecule has 0 bridgehead atoms. The average molecular weight is 278 g/mol. The van der Waals surface area contributed by atoms with Crippen LogP contribution >= 0.6 is 15.9 Å². The molecule has 0 rings (SSSR count). The molecule has 0 radical (unpaired) electrons. The summed E-state index contributed by atoms with van der Waals surface area (Å²) in [5.74, 6) is 0.962. The van der Waals surface area contributed by atoms with Crippen LogP contribution in [0.25, 0.3) is 0 Å². The summed E-state index contributed by atoms with van der Waals surface area (Å²) in [6.45, 7) is 0. The van der Waals surface area contributed by atoms with E-state index in [1.807, 2.05) is 0 Å². The summed E-state index contributed by atoms with van der Waals surface area (Å²) in [5, 5.41) is 0. The fraction of sp³-hybridized carbons (Fsp3) is 0.800. The highest BCUT2D eigenvalue weighted by Crippen LogP contribution is 1.98. The van der Waals surface area contributed by atoms with Crippen molar-refractivity contribution in [2.75, 3.05) is 18.3 Å². The van der Waals surface area contributed by atoms with E-state index in [4.69, 9.17) is 0 Å². The van der Waals surface area contributed by atoms with Gasteiger partial charge in [-0.3, -0.25) is 0 Å². The number of halogens is 2. The molecule has 0 aliphatic rings. The van der Waals surface area contributed by atoms with Gasteiger partial charge < -0.3 is 21.8 Å². The van der Waals surface area contributed by atoms with Gasteiger partial charge in [0.15, 0.2) is 0 Å². The molecule has 0 saturated heterocycles.